The van der Waals surface area contributed by atoms with Crippen LogP contribution in [0.3, 0.4) is 0 Å². The molecule has 0 aliphatic carbocycles. The number of hydrogen-bond donors (Lipinski definition) is 1. The van der Waals surface area contributed by atoms with Crippen molar-refractivity contribution >= 4 is 5.69 Å². The summed E-state index contributed by atoms with van der Waals surface area (Å²) >= 11 is 0. The second-order valence-corrected chi connectivity index (χ2v) is 1.98. The molecular weight excluding hydrogens is 169 g/mol. The van der Waals surface area contributed by atoms with E-state index in [4.69, 9.17) is 5.26 Å². The second-order valence-electron chi connectivity index (χ2n) is 1.98. The van der Waals surface area contributed by atoms with Gasteiger partial charge < -0.3 is 0 Å². The Balaban J connectivity index is 3.16. The van der Waals surface area contributed by atoms with Crippen molar-refractivity contribution < 1.29 is 13.2 Å². The van der Waals surface area contributed by atoms with Gasteiger partial charge in [-0.05, 0) is 0 Å². The summed E-state index contributed by atoms with van der Waals surface area (Å²) < 4.78 is 37.3. The predicted molar refractivity (Wildman–Crippen MR) is 35.6 cm³/mol. The van der Waals surface area contributed by atoms with Crippen LogP contribution in [0.4, 0.5) is 18.9 Å². The number of benzene rings is 1. The van der Waals surface area contributed by atoms with Crippen molar-refractivity contribution in [2.24, 2.45) is 0 Å². The minimum absolute atomic E-state index is 0.370. The van der Waals surface area contributed by atoms with Gasteiger partial charge in [0, 0.05) is 12.1 Å². The molecule has 0 radical (unpaired) electrons. The standard InChI is InChI=1S/C7H3F3N2/c8-4-1-6(10)7(12-3-11)2-5(4)9/h1-2,12H. The molecule has 0 saturated carbocycles. The van der Waals surface area contributed by atoms with Crippen molar-refractivity contribution in [3.8, 4) is 6.19 Å². The first-order chi connectivity index (χ1) is 5.65. The van der Waals surface area contributed by atoms with Gasteiger partial charge in [0.2, 0.25) is 0 Å². The first kappa shape index (κ1) is 8.40. The first-order valence-electron chi connectivity index (χ1n) is 2.95. The molecule has 0 aliphatic rings. The molecule has 12 heavy (non-hydrogen) atoms. The van der Waals surface area contributed by atoms with Crippen LogP contribution in [-0.4, -0.2) is 0 Å². The molecule has 0 unspecified atom stereocenters. The van der Waals surface area contributed by atoms with Crippen molar-refractivity contribution in [2.45, 2.75) is 0 Å². The van der Waals surface area contributed by atoms with E-state index >= 15 is 0 Å². The third-order valence-corrected chi connectivity index (χ3v) is 1.20. The summed E-state index contributed by atoms with van der Waals surface area (Å²) in [5.41, 5.74) is -0.378. The zero-order valence-electron chi connectivity index (χ0n) is 5.74. The maximum atomic E-state index is 12.6. The zero-order valence-corrected chi connectivity index (χ0v) is 5.74. The Bertz CT molecular complexity index is 343. The minimum Gasteiger partial charge on any atom is -0.290 e. The lowest BCUT2D eigenvalue weighted by Crippen LogP contribution is -1.95. The lowest BCUT2D eigenvalue weighted by Gasteiger charge is -1.99. The van der Waals surface area contributed by atoms with Gasteiger partial charge in [-0.2, -0.15) is 5.26 Å². The fourth-order valence-corrected chi connectivity index (χ4v) is 0.679. The van der Waals surface area contributed by atoms with Gasteiger partial charge in [-0.15, -0.1) is 0 Å². The second kappa shape index (κ2) is 3.13. The van der Waals surface area contributed by atoms with E-state index in [1.54, 1.807) is 0 Å². The summed E-state index contributed by atoms with van der Waals surface area (Å²) in [5.74, 6) is -3.49. The summed E-state index contributed by atoms with van der Waals surface area (Å²) in [6, 6.07) is 0.947. The molecule has 0 amide bonds. The lowest BCUT2D eigenvalue weighted by atomic mass is 10.3. The molecule has 1 aromatic carbocycles. The van der Waals surface area contributed by atoms with Gasteiger partial charge in [-0.1, -0.05) is 0 Å². The Hall–Kier alpha value is -1.70. The molecule has 0 aromatic heterocycles. The van der Waals surface area contributed by atoms with Gasteiger partial charge in [-0.3, -0.25) is 5.32 Å². The van der Waals surface area contributed by atoms with Gasteiger partial charge in [-0.25, -0.2) is 13.2 Å². The van der Waals surface area contributed by atoms with Crippen LogP contribution < -0.4 is 5.32 Å². The Morgan fingerprint density at radius 3 is 2.25 bits per heavy atom. The zero-order chi connectivity index (χ0) is 9.14. The SMILES string of the molecule is N#CNc1cc(F)c(F)cc1F. The van der Waals surface area contributed by atoms with Gasteiger partial charge in [0.25, 0.3) is 0 Å². The normalized spacial score (nSPS) is 9.17. The molecule has 0 aliphatic heterocycles. The van der Waals surface area contributed by atoms with Gasteiger partial charge >= 0.3 is 0 Å². The van der Waals surface area contributed by atoms with Gasteiger partial charge in [0.1, 0.15) is 5.82 Å². The van der Waals surface area contributed by atoms with E-state index in [-0.39, 0.29) is 5.69 Å². The molecule has 0 fully saturated rings. The van der Waals surface area contributed by atoms with Crippen molar-refractivity contribution in [1.29, 1.82) is 5.26 Å². The Morgan fingerprint density at radius 1 is 1.08 bits per heavy atom. The van der Waals surface area contributed by atoms with E-state index in [0.29, 0.717) is 12.1 Å². The van der Waals surface area contributed by atoms with Crippen LogP contribution in [-0.2, 0) is 0 Å². The lowest BCUT2D eigenvalue weighted by molar-refractivity contribution is 0.496. The largest absolute Gasteiger partial charge is 0.290 e. The molecule has 5 heteroatoms. The van der Waals surface area contributed by atoms with Crippen molar-refractivity contribution in [3.05, 3.63) is 29.6 Å². The van der Waals surface area contributed by atoms with E-state index in [1.807, 2.05) is 5.32 Å². The molecule has 1 rings (SSSR count). The predicted octanol–water partition coefficient (Wildman–Crippen LogP) is 2.00. The Kier molecular flexibility index (Phi) is 2.19. The van der Waals surface area contributed by atoms with E-state index in [2.05, 4.69) is 0 Å². The summed E-state index contributed by atoms with van der Waals surface area (Å²) in [6.07, 6.45) is 1.39. The third kappa shape index (κ3) is 1.48. The molecule has 0 spiro atoms. The van der Waals surface area contributed by atoms with Crippen LogP contribution in [0.25, 0.3) is 0 Å². The molecule has 1 aromatic rings. The van der Waals surface area contributed by atoms with Crippen molar-refractivity contribution in [1.82, 2.24) is 0 Å². The van der Waals surface area contributed by atoms with Gasteiger partial charge in [0.05, 0.1) is 5.69 Å². The number of nitriles is 1. The van der Waals surface area contributed by atoms with E-state index < -0.39 is 17.5 Å². The van der Waals surface area contributed by atoms with Crippen LogP contribution in [0, 0.1) is 28.9 Å². The molecule has 0 bridgehead atoms. The highest BCUT2D eigenvalue weighted by molar-refractivity contribution is 5.48. The summed E-state index contributed by atoms with van der Waals surface area (Å²) in [7, 11) is 0. The molecular formula is C7H3F3N2. The molecule has 0 atom stereocenters. The number of nitrogens with zero attached hydrogens (tertiary/aromatic N) is 1. The molecule has 0 saturated heterocycles. The fraction of sp³-hybridized carbons (Fsp3) is 0. The van der Waals surface area contributed by atoms with Crippen LogP contribution >= 0.6 is 0 Å². The van der Waals surface area contributed by atoms with E-state index in [0.717, 1.165) is 0 Å². The molecule has 62 valence electrons. The average Bonchev–Trinajstić information content (AvgIpc) is 2.01. The highest BCUT2D eigenvalue weighted by atomic mass is 19.2. The highest BCUT2D eigenvalue weighted by Crippen LogP contribution is 2.17. The first-order valence-corrected chi connectivity index (χ1v) is 2.95. The molecule has 1 N–H and O–H groups in total. The molecule has 2 nitrogen and oxygen atoms in total. The van der Waals surface area contributed by atoms with Crippen molar-refractivity contribution in [3.63, 3.8) is 0 Å². The third-order valence-electron chi connectivity index (χ3n) is 1.20. The maximum Gasteiger partial charge on any atom is 0.181 e. The Labute approximate surface area is 66.2 Å². The number of anilines is 1. The minimum atomic E-state index is -1.28. The number of hydrogen-bond acceptors (Lipinski definition) is 2. The fourth-order valence-electron chi connectivity index (χ4n) is 0.679. The van der Waals surface area contributed by atoms with Crippen molar-refractivity contribution in [2.75, 3.05) is 5.32 Å². The summed E-state index contributed by atoms with van der Waals surface area (Å²) in [5, 5.41) is 9.93. The summed E-state index contributed by atoms with van der Waals surface area (Å²) in [4.78, 5) is 0. The smallest absolute Gasteiger partial charge is 0.181 e. The summed E-state index contributed by atoms with van der Waals surface area (Å²) in [6.45, 7) is 0. The van der Waals surface area contributed by atoms with E-state index in [9.17, 15) is 13.2 Å². The van der Waals surface area contributed by atoms with Gasteiger partial charge in [0.15, 0.2) is 17.8 Å². The number of nitrogens with one attached hydrogen (secondary N) is 1. The van der Waals surface area contributed by atoms with E-state index in [1.165, 1.54) is 6.19 Å². The van der Waals surface area contributed by atoms with Crippen LogP contribution in [0.15, 0.2) is 12.1 Å². The van der Waals surface area contributed by atoms with Crippen LogP contribution in [0.5, 0.6) is 0 Å². The van der Waals surface area contributed by atoms with Crippen LogP contribution in [0.1, 0.15) is 0 Å². The number of rotatable bonds is 1. The van der Waals surface area contributed by atoms with Crippen LogP contribution in [0.2, 0.25) is 0 Å². The average molecular weight is 172 g/mol. The monoisotopic (exact) mass is 172 g/mol. The maximum absolute atomic E-state index is 12.6. The highest BCUT2D eigenvalue weighted by Gasteiger charge is 2.08. The topological polar surface area (TPSA) is 35.8 Å². The quantitative estimate of drug-likeness (QED) is 0.399. The molecule has 0 heterocycles. The Morgan fingerprint density at radius 2 is 1.67 bits per heavy atom. The number of halogens is 3.